The van der Waals surface area contributed by atoms with E-state index in [1.54, 1.807) is 0 Å². The van der Waals surface area contributed by atoms with Crippen LogP contribution >= 0.6 is 47.1 Å². The van der Waals surface area contributed by atoms with Crippen molar-refractivity contribution in [3.63, 3.8) is 0 Å². The van der Waals surface area contributed by atoms with Crippen LogP contribution in [-0.4, -0.2) is 31.1 Å². The standard InChI is InChI=1S/C24H24ClNOS2.ClH/c25-17-8-9-20-23(14-17)29-22-7-3-2-6-19(22)21-15-18(28-24(20)21)16-27-13-12-26-10-4-1-5-11-26;/h2-3,6-9,14-15H,1,4-5,10-13,16H2;1H. The molecule has 0 N–H and O–H groups in total. The van der Waals surface area contributed by atoms with E-state index in [1.807, 2.05) is 29.2 Å². The predicted molar refractivity (Wildman–Crippen MR) is 132 cm³/mol. The molecule has 5 rings (SSSR count). The van der Waals surface area contributed by atoms with E-state index >= 15 is 0 Å². The second-order valence-electron chi connectivity index (χ2n) is 7.65. The third kappa shape index (κ3) is 4.74. The molecule has 0 radical (unpaired) electrons. The number of hydrogen-bond acceptors (Lipinski definition) is 4. The summed E-state index contributed by atoms with van der Waals surface area (Å²) in [6, 6.07) is 17.2. The fourth-order valence-electron chi connectivity index (χ4n) is 4.13. The van der Waals surface area contributed by atoms with Crippen LogP contribution in [0.4, 0.5) is 0 Å². The Morgan fingerprint density at radius 2 is 1.73 bits per heavy atom. The molecule has 0 aliphatic carbocycles. The van der Waals surface area contributed by atoms with Crippen molar-refractivity contribution in [1.29, 1.82) is 0 Å². The van der Waals surface area contributed by atoms with Gasteiger partial charge in [-0.15, -0.1) is 23.7 Å². The molecule has 3 aromatic rings. The zero-order chi connectivity index (χ0) is 19.6. The summed E-state index contributed by atoms with van der Waals surface area (Å²) < 4.78 is 6.07. The molecule has 2 aliphatic rings. The Labute approximate surface area is 198 Å². The summed E-state index contributed by atoms with van der Waals surface area (Å²) in [5.41, 5.74) is 3.89. The molecule has 2 nitrogen and oxygen atoms in total. The zero-order valence-electron chi connectivity index (χ0n) is 16.7. The van der Waals surface area contributed by atoms with Gasteiger partial charge in [0.25, 0.3) is 0 Å². The largest absolute Gasteiger partial charge is 0.375 e. The van der Waals surface area contributed by atoms with Gasteiger partial charge in [-0.25, -0.2) is 0 Å². The molecular weight excluding hydrogens is 453 g/mol. The molecular formula is C24H25Cl2NOS2. The molecule has 0 spiro atoms. The number of benzene rings is 2. The van der Waals surface area contributed by atoms with E-state index in [0.29, 0.717) is 6.61 Å². The molecule has 0 atom stereocenters. The van der Waals surface area contributed by atoms with E-state index in [1.165, 1.54) is 68.6 Å². The van der Waals surface area contributed by atoms with Crippen molar-refractivity contribution in [3.8, 4) is 21.6 Å². The summed E-state index contributed by atoms with van der Waals surface area (Å²) in [4.78, 5) is 7.65. The molecule has 1 fully saturated rings. The summed E-state index contributed by atoms with van der Waals surface area (Å²) in [6.45, 7) is 4.99. The van der Waals surface area contributed by atoms with Gasteiger partial charge in [0.05, 0.1) is 13.2 Å². The summed E-state index contributed by atoms with van der Waals surface area (Å²) in [5, 5.41) is 0.787. The molecule has 1 saturated heterocycles. The smallest absolute Gasteiger partial charge is 0.0810 e. The monoisotopic (exact) mass is 477 g/mol. The van der Waals surface area contributed by atoms with Crippen molar-refractivity contribution in [3.05, 3.63) is 58.4 Å². The van der Waals surface area contributed by atoms with Crippen LogP contribution in [0.25, 0.3) is 21.6 Å². The van der Waals surface area contributed by atoms with Crippen LogP contribution < -0.4 is 0 Å². The van der Waals surface area contributed by atoms with Gasteiger partial charge < -0.3 is 9.64 Å². The second kappa shape index (κ2) is 10.1. The Kier molecular flexibility index (Phi) is 7.45. The number of rotatable bonds is 5. The predicted octanol–water partition coefficient (Wildman–Crippen LogP) is 7.62. The molecule has 0 unspecified atom stereocenters. The maximum absolute atomic E-state index is 6.30. The highest BCUT2D eigenvalue weighted by Gasteiger charge is 2.22. The van der Waals surface area contributed by atoms with Crippen molar-refractivity contribution in [1.82, 2.24) is 4.90 Å². The third-order valence-electron chi connectivity index (χ3n) is 5.61. The first-order valence-electron chi connectivity index (χ1n) is 10.3. The SMILES string of the molecule is Cl.Clc1ccc2c(c1)Sc1ccccc1-c1cc(COCCN3CCCCC3)sc1-2. The van der Waals surface area contributed by atoms with E-state index in [2.05, 4.69) is 47.4 Å². The summed E-state index contributed by atoms with van der Waals surface area (Å²) in [7, 11) is 0. The first kappa shape index (κ1) is 22.2. The van der Waals surface area contributed by atoms with E-state index in [9.17, 15) is 0 Å². The van der Waals surface area contributed by atoms with Crippen LogP contribution in [0.5, 0.6) is 0 Å². The molecule has 2 aromatic carbocycles. The van der Waals surface area contributed by atoms with E-state index in [0.717, 1.165) is 18.2 Å². The Morgan fingerprint density at radius 3 is 2.60 bits per heavy atom. The normalized spacial score (nSPS) is 15.5. The van der Waals surface area contributed by atoms with E-state index in [4.69, 9.17) is 16.3 Å². The van der Waals surface area contributed by atoms with Crippen molar-refractivity contribution in [2.24, 2.45) is 0 Å². The average molecular weight is 479 g/mol. The van der Waals surface area contributed by atoms with Gasteiger partial charge in [0.1, 0.15) is 0 Å². The number of halogens is 2. The molecule has 2 aliphatic heterocycles. The molecule has 1 aromatic heterocycles. The molecule has 0 amide bonds. The van der Waals surface area contributed by atoms with Crippen LogP contribution in [-0.2, 0) is 11.3 Å². The Hall–Kier alpha value is -1.01. The van der Waals surface area contributed by atoms with Gasteiger partial charge in [-0.05, 0) is 55.8 Å². The lowest BCUT2D eigenvalue weighted by Gasteiger charge is -2.26. The lowest BCUT2D eigenvalue weighted by atomic mass is 10.0. The Bertz CT molecular complexity index is 1010. The quantitative estimate of drug-likeness (QED) is 0.274. The lowest BCUT2D eigenvalue weighted by Crippen LogP contribution is -2.32. The molecule has 0 bridgehead atoms. The van der Waals surface area contributed by atoms with Crippen molar-refractivity contribution >= 4 is 47.1 Å². The summed E-state index contributed by atoms with van der Waals surface area (Å²) in [6.07, 6.45) is 4.04. The number of ether oxygens (including phenoxy) is 1. The first-order chi connectivity index (χ1) is 14.3. The first-order valence-corrected chi connectivity index (χ1v) is 12.3. The Balaban J connectivity index is 0.00000218. The third-order valence-corrected chi connectivity index (χ3v) is 8.12. The van der Waals surface area contributed by atoms with Gasteiger partial charge in [0.15, 0.2) is 0 Å². The van der Waals surface area contributed by atoms with Crippen LogP contribution in [0.1, 0.15) is 24.1 Å². The minimum atomic E-state index is 0. The molecule has 30 heavy (non-hydrogen) atoms. The van der Waals surface area contributed by atoms with Crippen molar-refractivity contribution in [2.75, 3.05) is 26.2 Å². The summed E-state index contributed by atoms with van der Waals surface area (Å²) in [5.74, 6) is 0. The van der Waals surface area contributed by atoms with Crippen LogP contribution in [0.15, 0.2) is 58.3 Å². The molecule has 0 saturated carbocycles. The van der Waals surface area contributed by atoms with Crippen molar-refractivity contribution in [2.45, 2.75) is 35.7 Å². The topological polar surface area (TPSA) is 12.5 Å². The highest BCUT2D eigenvalue weighted by atomic mass is 35.5. The maximum atomic E-state index is 6.30. The number of likely N-dealkylation sites (tertiary alicyclic amines) is 1. The number of thiophene rings is 1. The Morgan fingerprint density at radius 1 is 0.900 bits per heavy atom. The lowest BCUT2D eigenvalue weighted by molar-refractivity contribution is 0.0878. The van der Waals surface area contributed by atoms with E-state index < -0.39 is 0 Å². The highest BCUT2D eigenvalue weighted by Crippen LogP contribution is 2.51. The molecule has 3 heterocycles. The minimum Gasteiger partial charge on any atom is -0.375 e. The number of nitrogens with zero attached hydrogens (tertiary/aromatic N) is 1. The fourth-order valence-corrected chi connectivity index (χ4v) is 6.71. The van der Waals surface area contributed by atoms with Crippen LogP contribution in [0, 0.1) is 0 Å². The molecule has 158 valence electrons. The summed E-state index contributed by atoms with van der Waals surface area (Å²) >= 11 is 9.96. The second-order valence-corrected chi connectivity index (χ2v) is 10.3. The minimum absolute atomic E-state index is 0. The number of hydrogen-bond donors (Lipinski definition) is 0. The maximum Gasteiger partial charge on any atom is 0.0810 e. The molecule has 6 heteroatoms. The van der Waals surface area contributed by atoms with Gasteiger partial charge >= 0.3 is 0 Å². The van der Waals surface area contributed by atoms with Crippen LogP contribution in [0.2, 0.25) is 5.02 Å². The van der Waals surface area contributed by atoms with Gasteiger partial charge in [-0.3, -0.25) is 0 Å². The van der Waals surface area contributed by atoms with E-state index in [-0.39, 0.29) is 12.4 Å². The van der Waals surface area contributed by atoms with Gasteiger partial charge in [0, 0.05) is 42.2 Å². The number of fused-ring (bicyclic) bond motifs is 5. The van der Waals surface area contributed by atoms with Gasteiger partial charge in [0.2, 0.25) is 0 Å². The van der Waals surface area contributed by atoms with Crippen LogP contribution in [0.3, 0.4) is 0 Å². The van der Waals surface area contributed by atoms with Gasteiger partial charge in [-0.1, -0.05) is 54.0 Å². The van der Waals surface area contributed by atoms with Crippen molar-refractivity contribution < 1.29 is 4.74 Å². The number of piperidine rings is 1. The van der Waals surface area contributed by atoms with Gasteiger partial charge in [-0.2, -0.15) is 0 Å². The zero-order valence-corrected chi connectivity index (χ0v) is 19.9. The average Bonchev–Trinajstić information content (AvgIpc) is 3.11. The highest BCUT2D eigenvalue weighted by molar-refractivity contribution is 7.99. The fraction of sp³-hybridized carbons (Fsp3) is 0.333.